The number of hydrogen-bond acceptors (Lipinski definition) is 2. The summed E-state index contributed by atoms with van der Waals surface area (Å²) in [5.41, 5.74) is 0.546. The van der Waals surface area contributed by atoms with Crippen LogP contribution in [0.2, 0.25) is 0 Å². The molecule has 2 aliphatic heterocycles. The smallest absolute Gasteiger partial charge is 0.0926 e. The van der Waals surface area contributed by atoms with Crippen molar-refractivity contribution in [2.24, 2.45) is 0 Å². The SMILES string of the molecule is OC1(c2ccccc2)C[C@H]2CCC[C@H](C1)N2C1CC1. The van der Waals surface area contributed by atoms with Crippen LogP contribution in [0.15, 0.2) is 30.3 Å². The summed E-state index contributed by atoms with van der Waals surface area (Å²) in [7, 11) is 0. The lowest BCUT2D eigenvalue weighted by Gasteiger charge is -2.52. The zero-order chi connectivity index (χ0) is 12.9. The van der Waals surface area contributed by atoms with E-state index in [1.165, 1.54) is 32.1 Å². The maximum Gasteiger partial charge on any atom is 0.0926 e. The number of fused-ring (bicyclic) bond motifs is 2. The normalized spacial score (nSPS) is 39.2. The average Bonchev–Trinajstić information content (AvgIpc) is 3.23. The third-order valence-corrected chi connectivity index (χ3v) is 5.34. The molecular weight excluding hydrogens is 234 g/mol. The number of nitrogens with zero attached hydrogens (tertiary/aromatic N) is 1. The van der Waals surface area contributed by atoms with Gasteiger partial charge in [-0.3, -0.25) is 4.90 Å². The van der Waals surface area contributed by atoms with Gasteiger partial charge in [-0.1, -0.05) is 36.8 Å². The zero-order valence-corrected chi connectivity index (χ0v) is 11.5. The summed E-state index contributed by atoms with van der Waals surface area (Å²) in [5, 5.41) is 11.1. The monoisotopic (exact) mass is 257 g/mol. The van der Waals surface area contributed by atoms with E-state index in [2.05, 4.69) is 29.2 Å². The minimum atomic E-state index is -0.581. The summed E-state index contributed by atoms with van der Waals surface area (Å²) in [5.74, 6) is 0. The fourth-order valence-electron chi connectivity index (χ4n) is 4.42. The highest BCUT2D eigenvalue weighted by molar-refractivity contribution is 5.24. The van der Waals surface area contributed by atoms with E-state index in [4.69, 9.17) is 0 Å². The Kier molecular flexibility index (Phi) is 2.71. The van der Waals surface area contributed by atoms with Gasteiger partial charge in [0.2, 0.25) is 0 Å². The Morgan fingerprint density at radius 2 is 1.53 bits per heavy atom. The minimum Gasteiger partial charge on any atom is -0.385 e. The van der Waals surface area contributed by atoms with Gasteiger partial charge in [0.05, 0.1) is 5.60 Å². The third kappa shape index (κ3) is 2.02. The summed E-state index contributed by atoms with van der Waals surface area (Å²) in [6.07, 6.45) is 8.55. The minimum absolute atomic E-state index is 0.581. The van der Waals surface area contributed by atoms with Gasteiger partial charge < -0.3 is 5.11 Å². The van der Waals surface area contributed by atoms with E-state index in [1.807, 2.05) is 6.07 Å². The predicted octanol–water partition coefficient (Wildman–Crippen LogP) is 3.05. The van der Waals surface area contributed by atoms with E-state index in [9.17, 15) is 5.11 Å². The molecule has 1 aromatic carbocycles. The first kappa shape index (κ1) is 11.9. The summed E-state index contributed by atoms with van der Waals surface area (Å²) in [4.78, 5) is 2.76. The van der Waals surface area contributed by atoms with Gasteiger partial charge in [0.15, 0.2) is 0 Å². The van der Waals surface area contributed by atoms with Crippen molar-refractivity contribution in [2.45, 2.75) is 68.7 Å². The first-order valence-electron chi connectivity index (χ1n) is 7.82. The van der Waals surface area contributed by atoms with E-state index in [0.29, 0.717) is 12.1 Å². The maximum atomic E-state index is 11.1. The van der Waals surface area contributed by atoms with E-state index < -0.39 is 5.60 Å². The molecule has 1 aliphatic carbocycles. The van der Waals surface area contributed by atoms with Crippen molar-refractivity contribution in [3.63, 3.8) is 0 Å². The molecule has 0 aromatic heterocycles. The molecule has 19 heavy (non-hydrogen) atoms. The zero-order valence-electron chi connectivity index (χ0n) is 11.5. The highest BCUT2D eigenvalue weighted by atomic mass is 16.3. The molecule has 0 amide bonds. The van der Waals surface area contributed by atoms with Crippen LogP contribution >= 0.6 is 0 Å². The van der Waals surface area contributed by atoms with Crippen LogP contribution in [0, 0.1) is 0 Å². The second-order valence-electron chi connectivity index (χ2n) is 6.72. The molecule has 1 N–H and O–H groups in total. The lowest BCUT2D eigenvalue weighted by Crippen LogP contribution is -2.57. The van der Waals surface area contributed by atoms with E-state index in [1.54, 1.807) is 0 Å². The van der Waals surface area contributed by atoms with Crippen molar-refractivity contribution in [3.8, 4) is 0 Å². The largest absolute Gasteiger partial charge is 0.385 e. The number of hydrogen-bond donors (Lipinski definition) is 1. The highest BCUT2D eigenvalue weighted by Gasteiger charge is 2.50. The first-order chi connectivity index (χ1) is 9.26. The Labute approximate surface area is 115 Å². The Morgan fingerprint density at radius 1 is 0.895 bits per heavy atom. The molecule has 0 spiro atoms. The Bertz CT molecular complexity index is 440. The molecule has 0 unspecified atom stereocenters. The molecule has 1 aromatic rings. The Morgan fingerprint density at radius 3 is 2.11 bits per heavy atom. The maximum absolute atomic E-state index is 11.1. The van der Waals surface area contributed by atoms with Crippen LogP contribution < -0.4 is 0 Å². The Balaban J connectivity index is 1.63. The molecule has 2 heterocycles. The summed E-state index contributed by atoms with van der Waals surface area (Å²) in [6, 6.07) is 12.4. The second-order valence-corrected chi connectivity index (χ2v) is 6.72. The number of aliphatic hydroxyl groups is 1. The predicted molar refractivity (Wildman–Crippen MR) is 75.9 cm³/mol. The van der Waals surface area contributed by atoms with Crippen molar-refractivity contribution < 1.29 is 5.11 Å². The number of benzene rings is 1. The Hall–Kier alpha value is -0.860. The van der Waals surface area contributed by atoms with Crippen LogP contribution in [0.25, 0.3) is 0 Å². The van der Waals surface area contributed by atoms with Crippen LogP contribution in [0.4, 0.5) is 0 Å². The van der Waals surface area contributed by atoms with Crippen LogP contribution in [-0.4, -0.2) is 28.1 Å². The van der Waals surface area contributed by atoms with Crippen molar-refractivity contribution >= 4 is 0 Å². The molecule has 2 nitrogen and oxygen atoms in total. The molecule has 3 aliphatic rings. The van der Waals surface area contributed by atoms with Gasteiger partial charge in [0.1, 0.15) is 0 Å². The number of rotatable bonds is 2. The fraction of sp³-hybridized carbons (Fsp3) is 0.647. The van der Waals surface area contributed by atoms with Gasteiger partial charge in [-0.15, -0.1) is 0 Å². The van der Waals surface area contributed by atoms with Crippen molar-refractivity contribution in [1.82, 2.24) is 4.90 Å². The van der Waals surface area contributed by atoms with Gasteiger partial charge in [-0.05, 0) is 44.1 Å². The van der Waals surface area contributed by atoms with Crippen LogP contribution in [0.3, 0.4) is 0 Å². The summed E-state index contributed by atoms with van der Waals surface area (Å²) < 4.78 is 0. The molecule has 2 saturated heterocycles. The van der Waals surface area contributed by atoms with Crippen LogP contribution in [0.5, 0.6) is 0 Å². The lowest BCUT2D eigenvalue weighted by atomic mass is 9.72. The molecule has 4 rings (SSSR count). The molecule has 3 fully saturated rings. The third-order valence-electron chi connectivity index (χ3n) is 5.34. The van der Waals surface area contributed by atoms with E-state index in [-0.39, 0.29) is 0 Å². The van der Waals surface area contributed by atoms with Crippen molar-refractivity contribution in [3.05, 3.63) is 35.9 Å². The lowest BCUT2D eigenvalue weighted by molar-refractivity contribution is -0.0998. The second kappa shape index (κ2) is 4.32. The van der Waals surface area contributed by atoms with Gasteiger partial charge in [0, 0.05) is 18.1 Å². The summed E-state index contributed by atoms with van der Waals surface area (Å²) in [6.45, 7) is 0. The van der Waals surface area contributed by atoms with Gasteiger partial charge >= 0.3 is 0 Å². The quantitative estimate of drug-likeness (QED) is 0.880. The number of piperidine rings is 2. The molecule has 102 valence electrons. The van der Waals surface area contributed by atoms with Gasteiger partial charge in [0.25, 0.3) is 0 Å². The molecular formula is C17H23NO. The first-order valence-corrected chi connectivity index (χ1v) is 7.82. The fourth-order valence-corrected chi connectivity index (χ4v) is 4.42. The molecule has 2 heteroatoms. The van der Waals surface area contributed by atoms with Crippen molar-refractivity contribution in [1.29, 1.82) is 0 Å². The van der Waals surface area contributed by atoms with Crippen molar-refractivity contribution in [2.75, 3.05) is 0 Å². The molecule has 2 atom stereocenters. The van der Waals surface area contributed by atoms with E-state index >= 15 is 0 Å². The summed E-state index contributed by atoms with van der Waals surface area (Å²) >= 11 is 0. The van der Waals surface area contributed by atoms with E-state index in [0.717, 1.165) is 24.4 Å². The van der Waals surface area contributed by atoms with Gasteiger partial charge in [-0.25, -0.2) is 0 Å². The molecule has 2 bridgehead atoms. The standard InChI is InChI=1S/C17H23NO/c19-17(13-5-2-1-3-6-13)11-15-7-4-8-16(12-17)18(15)14-9-10-14/h1-3,5-6,14-16,19H,4,7-12H2/t15-,16-/m1/s1. The molecule has 0 radical (unpaired) electrons. The molecule has 1 saturated carbocycles. The topological polar surface area (TPSA) is 23.5 Å². The average molecular weight is 257 g/mol. The highest BCUT2D eigenvalue weighted by Crippen LogP contribution is 2.48. The van der Waals surface area contributed by atoms with Gasteiger partial charge in [-0.2, -0.15) is 0 Å². The van der Waals surface area contributed by atoms with Crippen LogP contribution in [0.1, 0.15) is 50.5 Å². The van der Waals surface area contributed by atoms with Crippen LogP contribution in [-0.2, 0) is 5.60 Å².